The number of likely N-dealkylation sites (N-methyl/N-ethyl adjacent to an activating group) is 1. The summed E-state index contributed by atoms with van der Waals surface area (Å²) in [6.07, 6.45) is 3.36. The summed E-state index contributed by atoms with van der Waals surface area (Å²) in [4.78, 5) is 21.9. The fraction of sp³-hybridized carbons (Fsp3) is 0.312. The highest BCUT2D eigenvalue weighted by molar-refractivity contribution is 5.94. The summed E-state index contributed by atoms with van der Waals surface area (Å²) in [6.45, 7) is 2.18. The Kier molecular flexibility index (Phi) is 5.43. The van der Waals surface area contributed by atoms with Crippen LogP contribution in [0.5, 0.6) is 5.88 Å². The molecule has 6 heteroatoms. The largest absolute Gasteiger partial charge is 0.481 e. The number of pyridine rings is 2. The molecule has 0 aliphatic carbocycles. The number of carbonyl (C=O) groups is 1. The molecule has 0 unspecified atom stereocenters. The Morgan fingerprint density at radius 2 is 2.09 bits per heavy atom. The lowest BCUT2D eigenvalue weighted by molar-refractivity contribution is -0.123. The van der Waals surface area contributed by atoms with Crippen molar-refractivity contribution in [3.8, 4) is 5.88 Å². The Labute approximate surface area is 129 Å². The van der Waals surface area contributed by atoms with E-state index in [2.05, 4.69) is 9.97 Å². The van der Waals surface area contributed by atoms with Crippen molar-refractivity contribution >= 4 is 11.6 Å². The summed E-state index contributed by atoms with van der Waals surface area (Å²) < 4.78 is 10.4. The Balaban J connectivity index is 1.85. The molecule has 0 N–H and O–H groups in total. The van der Waals surface area contributed by atoms with Crippen LogP contribution in [0.2, 0.25) is 0 Å². The molecule has 0 aromatic carbocycles. The summed E-state index contributed by atoms with van der Waals surface area (Å²) in [5.74, 6) is 0.421. The number of ether oxygens (including phenoxy) is 2. The quantitative estimate of drug-likeness (QED) is 0.816. The molecule has 6 nitrogen and oxygen atoms in total. The second-order valence-corrected chi connectivity index (χ2v) is 4.76. The van der Waals surface area contributed by atoms with Crippen LogP contribution in [0.25, 0.3) is 0 Å². The predicted octanol–water partition coefficient (Wildman–Crippen LogP) is 1.97. The van der Waals surface area contributed by atoms with Crippen LogP contribution in [0.4, 0.5) is 5.69 Å². The Hall–Kier alpha value is -2.47. The Morgan fingerprint density at radius 3 is 2.73 bits per heavy atom. The average molecular weight is 301 g/mol. The van der Waals surface area contributed by atoms with E-state index < -0.39 is 0 Å². The molecule has 1 amide bonds. The molecule has 0 radical (unpaired) electrons. The van der Waals surface area contributed by atoms with Crippen molar-refractivity contribution in [3.05, 3.63) is 47.9 Å². The van der Waals surface area contributed by atoms with Crippen LogP contribution in [0, 0.1) is 6.92 Å². The Morgan fingerprint density at radius 1 is 1.27 bits per heavy atom. The summed E-state index contributed by atoms with van der Waals surface area (Å²) >= 11 is 0. The molecule has 2 rings (SSSR count). The summed E-state index contributed by atoms with van der Waals surface area (Å²) in [6, 6.07) is 7.26. The zero-order valence-corrected chi connectivity index (χ0v) is 12.9. The summed E-state index contributed by atoms with van der Waals surface area (Å²) in [5, 5.41) is 0. The Bertz CT molecular complexity index is 629. The monoisotopic (exact) mass is 301 g/mol. The highest BCUT2D eigenvalue weighted by atomic mass is 16.5. The third-order valence-corrected chi connectivity index (χ3v) is 3.22. The SMILES string of the molecule is COc1ccc(COCC(=O)N(C)c2cccnc2C)cn1. The smallest absolute Gasteiger partial charge is 0.252 e. The number of rotatable bonds is 6. The fourth-order valence-corrected chi connectivity index (χ4v) is 1.93. The summed E-state index contributed by atoms with van der Waals surface area (Å²) in [5.41, 5.74) is 2.47. The van der Waals surface area contributed by atoms with Gasteiger partial charge in [0.1, 0.15) is 6.61 Å². The molecule has 2 aromatic heterocycles. The maximum atomic E-state index is 12.1. The van der Waals surface area contributed by atoms with Gasteiger partial charge in [0.15, 0.2) is 0 Å². The maximum absolute atomic E-state index is 12.1. The van der Waals surface area contributed by atoms with Crippen molar-refractivity contribution in [3.63, 3.8) is 0 Å². The lowest BCUT2D eigenvalue weighted by Gasteiger charge is -2.18. The van der Waals surface area contributed by atoms with E-state index in [1.807, 2.05) is 19.1 Å². The molecular weight excluding hydrogens is 282 g/mol. The second kappa shape index (κ2) is 7.51. The van der Waals surface area contributed by atoms with Gasteiger partial charge in [-0.2, -0.15) is 0 Å². The average Bonchev–Trinajstić information content (AvgIpc) is 2.55. The van der Waals surface area contributed by atoms with E-state index in [0.717, 1.165) is 16.9 Å². The van der Waals surface area contributed by atoms with E-state index in [1.54, 1.807) is 43.6 Å². The first-order valence-corrected chi connectivity index (χ1v) is 6.86. The minimum Gasteiger partial charge on any atom is -0.481 e. The molecule has 22 heavy (non-hydrogen) atoms. The van der Waals surface area contributed by atoms with Crippen LogP contribution in [-0.4, -0.2) is 36.6 Å². The van der Waals surface area contributed by atoms with Gasteiger partial charge in [-0.3, -0.25) is 9.78 Å². The zero-order valence-electron chi connectivity index (χ0n) is 12.9. The highest BCUT2D eigenvalue weighted by Gasteiger charge is 2.13. The second-order valence-electron chi connectivity index (χ2n) is 4.76. The van der Waals surface area contributed by atoms with E-state index in [4.69, 9.17) is 9.47 Å². The molecular formula is C16H19N3O3. The molecule has 116 valence electrons. The molecule has 2 heterocycles. The number of hydrogen-bond donors (Lipinski definition) is 0. The molecule has 0 saturated heterocycles. The zero-order chi connectivity index (χ0) is 15.9. The fourth-order valence-electron chi connectivity index (χ4n) is 1.93. The molecule has 2 aromatic rings. The lowest BCUT2D eigenvalue weighted by atomic mass is 10.3. The highest BCUT2D eigenvalue weighted by Crippen LogP contribution is 2.15. The van der Waals surface area contributed by atoms with Gasteiger partial charge < -0.3 is 14.4 Å². The molecule has 0 bridgehead atoms. The van der Waals surface area contributed by atoms with Gasteiger partial charge in [0.2, 0.25) is 5.88 Å². The van der Waals surface area contributed by atoms with Gasteiger partial charge in [-0.25, -0.2) is 4.98 Å². The lowest BCUT2D eigenvalue weighted by Crippen LogP contribution is -2.30. The molecule has 0 aliphatic heterocycles. The number of anilines is 1. The number of hydrogen-bond acceptors (Lipinski definition) is 5. The first-order valence-electron chi connectivity index (χ1n) is 6.86. The molecule has 0 spiro atoms. The van der Waals surface area contributed by atoms with Crippen molar-refractivity contribution in [1.29, 1.82) is 0 Å². The number of methoxy groups -OCH3 is 1. The minimum atomic E-state index is -0.127. The van der Waals surface area contributed by atoms with Gasteiger partial charge in [-0.15, -0.1) is 0 Å². The van der Waals surface area contributed by atoms with Gasteiger partial charge in [0.05, 0.1) is 25.1 Å². The van der Waals surface area contributed by atoms with E-state index in [-0.39, 0.29) is 12.5 Å². The van der Waals surface area contributed by atoms with E-state index in [1.165, 1.54) is 0 Å². The van der Waals surface area contributed by atoms with Crippen molar-refractivity contribution in [2.45, 2.75) is 13.5 Å². The van der Waals surface area contributed by atoms with Gasteiger partial charge in [-0.1, -0.05) is 0 Å². The van der Waals surface area contributed by atoms with Crippen LogP contribution in [0.1, 0.15) is 11.3 Å². The van der Waals surface area contributed by atoms with Gasteiger partial charge >= 0.3 is 0 Å². The standard InChI is InChI=1S/C16H19N3O3/c1-12-14(5-4-8-17-12)19(2)16(20)11-22-10-13-6-7-15(21-3)18-9-13/h4-9H,10-11H2,1-3H3. The third kappa shape index (κ3) is 4.02. The van der Waals surface area contributed by atoms with E-state index >= 15 is 0 Å². The van der Waals surface area contributed by atoms with Crippen molar-refractivity contribution in [1.82, 2.24) is 9.97 Å². The first-order chi connectivity index (χ1) is 10.6. The van der Waals surface area contributed by atoms with Crippen LogP contribution in [-0.2, 0) is 16.1 Å². The van der Waals surface area contributed by atoms with Gasteiger partial charge in [-0.05, 0) is 30.7 Å². The molecule has 0 fully saturated rings. The first kappa shape index (κ1) is 15.9. The molecule has 0 atom stereocenters. The number of carbonyl (C=O) groups excluding carboxylic acids is 1. The third-order valence-electron chi connectivity index (χ3n) is 3.22. The number of nitrogens with zero attached hydrogens (tertiary/aromatic N) is 3. The summed E-state index contributed by atoms with van der Waals surface area (Å²) in [7, 11) is 3.28. The van der Waals surface area contributed by atoms with Gasteiger partial charge in [0, 0.05) is 25.5 Å². The molecule has 0 aliphatic rings. The minimum absolute atomic E-state index is 0.00311. The van der Waals surface area contributed by atoms with Crippen LogP contribution in [0.15, 0.2) is 36.7 Å². The topological polar surface area (TPSA) is 64.6 Å². The van der Waals surface area contributed by atoms with Crippen LogP contribution in [0.3, 0.4) is 0 Å². The van der Waals surface area contributed by atoms with Crippen molar-refractivity contribution < 1.29 is 14.3 Å². The molecule has 0 saturated carbocycles. The number of amides is 1. The normalized spacial score (nSPS) is 10.3. The van der Waals surface area contributed by atoms with Crippen LogP contribution < -0.4 is 9.64 Å². The van der Waals surface area contributed by atoms with Crippen LogP contribution >= 0.6 is 0 Å². The van der Waals surface area contributed by atoms with Crippen molar-refractivity contribution in [2.24, 2.45) is 0 Å². The number of aromatic nitrogens is 2. The van der Waals surface area contributed by atoms with Gasteiger partial charge in [0.25, 0.3) is 5.91 Å². The van der Waals surface area contributed by atoms with E-state index in [0.29, 0.717) is 12.5 Å². The predicted molar refractivity (Wildman–Crippen MR) is 82.8 cm³/mol. The van der Waals surface area contributed by atoms with E-state index in [9.17, 15) is 4.79 Å². The van der Waals surface area contributed by atoms with Crippen molar-refractivity contribution in [2.75, 3.05) is 25.7 Å². The maximum Gasteiger partial charge on any atom is 0.252 e. The number of aryl methyl sites for hydroxylation is 1.